The molecule has 0 radical (unpaired) electrons. The van der Waals surface area contributed by atoms with E-state index in [1.54, 1.807) is 0 Å². The number of hydrogen-bond acceptors (Lipinski definition) is 0. The zero-order valence-corrected chi connectivity index (χ0v) is 10.9. The molecule has 0 atom stereocenters. The molecule has 0 N–H and O–H groups in total. The number of rotatable bonds is 3. The van der Waals surface area contributed by atoms with Crippen molar-refractivity contribution in [1.29, 1.82) is 0 Å². The maximum absolute atomic E-state index is 5.26. The Bertz CT molecular complexity index is 290. The van der Waals surface area contributed by atoms with E-state index in [2.05, 4.69) is 38.8 Å². The second-order valence-electron chi connectivity index (χ2n) is 5.14. The van der Waals surface area contributed by atoms with Gasteiger partial charge in [0.05, 0.1) is 0 Å². The predicted molar refractivity (Wildman–Crippen MR) is 72.0 cm³/mol. The van der Waals surface area contributed by atoms with Crippen LogP contribution in [0.4, 0.5) is 0 Å². The Labute approximate surface area is 101 Å². The third kappa shape index (κ3) is 3.56. The third-order valence-electron chi connectivity index (χ3n) is 3.89. The van der Waals surface area contributed by atoms with Gasteiger partial charge in [0.1, 0.15) is 0 Å². The number of hydrogen-bond donors (Lipinski definition) is 0. The smallest absolute Gasteiger partial charge is 0.0119 e. The summed E-state index contributed by atoms with van der Waals surface area (Å²) in [4.78, 5) is 0. The van der Waals surface area contributed by atoms with Gasteiger partial charge in [-0.15, -0.1) is 6.42 Å². The van der Waals surface area contributed by atoms with E-state index in [1.807, 2.05) is 6.08 Å². The largest absolute Gasteiger partial charge is 0.115 e. The minimum atomic E-state index is 0.740. The molecule has 0 heterocycles. The Morgan fingerprint density at radius 1 is 1.25 bits per heavy atom. The topological polar surface area (TPSA) is 0 Å². The second-order valence-corrected chi connectivity index (χ2v) is 5.14. The van der Waals surface area contributed by atoms with Crippen molar-refractivity contribution in [2.45, 2.75) is 46.5 Å². The molecule has 88 valence electrons. The summed E-state index contributed by atoms with van der Waals surface area (Å²) < 4.78 is 0. The van der Waals surface area contributed by atoms with E-state index < -0.39 is 0 Å². The van der Waals surface area contributed by atoms with Crippen LogP contribution < -0.4 is 0 Å². The molecule has 0 nitrogen and oxygen atoms in total. The quantitative estimate of drug-likeness (QED) is 0.478. The fraction of sp³-hybridized carbons (Fsp3) is 0.625. The molecule has 0 aromatic heterocycles. The van der Waals surface area contributed by atoms with Crippen LogP contribution in [0.1, 0.15) is 46.5 Å². The molecule has 1 fully saturated rings. The average Bonchev–Trinajstić information content (AvgIpc) is 2.30. The highest BCUT2D eigenvalue weighted by atomic mass is 14.3. The fourth-order valence-corrected chi connectivity index (χ4v) is 2.73. The molecular weight excluding hydrogens is 192 g/mol. The monoisotopic (exact) mass is 216 g/mol. The molecule has 0 bridgehead atoms. The molecule has 1 aliphatic rings. The van der Waals surface area contributed by atoms with Crippen molar-refractivity contribution in [3.05, 3.63) is 23.8 Å². The summed E-state index contributed by atoms with van der Waals surface area (Å²) in [6.45, 7) is 6.81. The van der Waals surface area contributed by atoms with Gasteiger partial charge < -0.3 is 0 Å². The standard InChI is InChI=1S/C16H24/c1-5-7-8-14(6-2)16-11-9-15(10-12-16)13(3)4/h1,6-8,13,15-16H,9-12H2,2-4H3/b8-7-,14-6+. The summed E-state index contributed by atoms with van der Waals surface area (Å²) in [6, 6.07) is 0. The van der Waals surface area contributed by atoms with Gasteiger partial charge >= 0.3 is 0 Å². The SMILES string of the molecule is C#C/C=C\C(=C/C)C1CCC(C(C)C)CC1. The van der Waals surface area contributed by atoms with Crippen molar-refractivity contribution < 1.29 is 0 Å². The van der Waals surface area contributed by atoms with Gasteiger partial charge in [0.25, 0.3) is 0 Å². The maximum Gasteiger partial charge on any atom is -0.0119 e. The lowest BCUT2D eigenvalue weighted by atomic mass is 9.74. The molecule has 0 spiro atoms. The van der Waals surface area contributed by atoms with Gasteiger partial charge in [0, 0.05) is 0 Å². The molecule has 16 heavy (non-hydrogen) atoms. The van der Waals surface area contributed by atoms with E-state index >= 15 is 0 Å². The van der Waals surface area contributed by atoms with Crippen molar-refractivity contribution in [3.63, 3.8) is 0 Å². The van der Waals surface area contributed by atoms with Crippen LogP contribution in [0, 0.1) is 30.1 Å². The first-order valence-electron chi connectivity index (χ1n) is 6.48. The highest BCUT2D eigenvalue weighted by molar-refractivity contribution is 5.26. The first-order valence-corrected chi connectivity index (χ1v) is 6.48. The van der Waals surface area contributed by atoms with E-state index in [4.69, 9.17) is 6.42 Å². The lowest BCUT2D eigenvalue weighted by Gasteiger charge is -2.31. The Kier molecular flexibility index (Phi) is 5.39. The van der Waals surface area contributed by atoms with Gasteiger partial charge in [-0.1, -0.05) is 31.9 Å². The Hall–Kier alpha value is -0.960. The molecule has 1 saturated carbocycles. The fourth-order valence-electron chi connectivity index (χ4n) is 2.73. The van der Waals surface area contributed by atoms with Gasteiger partial charge in [0.15, 0.2) is 0 Å². The summed E-state index contributed by atoms with van der Waals surface area (Å²) in [5, 5.41) is 0. The van der Waals surface area contributed by atoms with E-state index in [1.165, 1.54) is 31.3 Å². The lowest BCUT2D eigenvalue weighted by molar-refractivity contribution is 0.244. The number of allylic oxidation sites excluding steroid dienone is 4. The van der Waals surface area contributed by atoms with E-state index in [0.717, 1.165) is 17.8 Å². The molecule has 0 amide bonds. The van der Waals surface area contributed by atoms with Crippen molar-refractivity contribution >= 4 is 0 Å². The minimum absolute atomic E-state index is 0.740. The zero-order valence-electron chi connectivity index (χ0n) is 10.9. The highest BCUT2D eigenvalue weighted by Gasteiger charge is 2.24. The molecule has 0 aromatic rings. The minimum Gasteiger partial charge on any atom is -0.115 e. The van der Waals surface area contributed by atoms with Gasteiger partial charge in [-0.05, 0) is 62.0 Å². The van der Waals surface area contributed by atoms with Crippen molar-refractivity contribution in [3.8, 4) is 12.3 Å². The van der Waals surface area contributed by atoms with Gasteiger partial charge in [-0.3, -0.25) is 0 Å². The third-order valence-corrected chi connectivity index (χ3v) is 3.89. The predicted octanol–water partition coefficient (Wildman–Crippen LogP) is 4.58. The summed E-state index contributed by atoms with van der Waals surface area (Å²) in [5.41, 5.74) is 1.43. The van der Waals surface area contributed by atoms with Crippen LogP contribution in [0.15, 0.2) is 23.8 Å². The molecule has 0 aromatic carbocycles. The van der Waals surface area contributed by atoms with Crippen LogP contribution in [0.25, 0.3) is 0 Å². The molecule has 1 rings (SSSR count). The summed E-state index contributed by atoms with van der Waals surface area (Å²) >= 11 is 0. The van der Waals surface area contributed by atoms with E-state index in [-0.39, 0.29) is 0 Å². The summed E-state index contributed by atoms with van der Waals surface area (Å²) in [7, 11) is 0. The van der Waals surface area contributed by atoms with Gasteiger partial charge in [0.2, 0.25) is 0 Å². The molecule has 0 aliphatic heterocycles. The first-order chi connectivity index (χ1) is 7.69. The normalized spacial score (nSPS) is 27.3. The Morgan fingerprint density at radius 2 is 1.88 bits per heavy atom. The Morgan fingerprint density at radius 3 is 2.31 bits per heavy atom. The maximum atomic E-state index is 5.26. The van der Waals surface area contributed by atoms with Gasteiger partial charge in [-0.2, -0.15) is 0 Å². The molecule has 0 unspecified atom stereocenters. The van der Waals surface area contributed by atoms with Crippen LogP contribution in [-0.2, 0) is 0 Å². The molecular formula is C16H24. The zero-order chi connectivity index (χ0) is 12.0. The summed E-state index contributed by atoms with van der Waals surface area (Å²) in [5.74, 6) is 5.10. The van der Waals surface area contributed by atoms with Crippen molar-refractivity contribution in [2.24, 2.45) is 17.8 Å². The molecule has 1 aliphatic carbocycles. The van der Waals surface area contributed by atoms with Crippen LogP contribution in [0.3, 0.4) is 0 Å². The highest BCUT2D eigenvalue weighted by Crippen LogP contribution is 2.36. The number of terminal acetylenes is 1. The van der Waals surface area contributed by atoms with Crippen LogP contribution in [-0.4, -0.2) is 0 Å². The lowest BCUT2D eigenvalue weighted by Crippen LogP contribution is -2.19. The second kappa shape index (κ2) is 6.59. The van der Waals surface area contributed by atoms with Gasteiger partial charge in [-0.25, -0.2) is 0 Å². The van der Waals surface area contributed by atoms with Crippen LogP contribution >= 0.6 is 0 Å². The van der Waals surface area contributed by atoms with Crippen molar-refractivity contribution in [1.82, 2.24) is 0 Å². The average molecular weight is 216 g/mol. The van der Waals surface area contributed by atoms with E-state index in [0.29, 0.717) is 0 Å². The Balaban J connectivity index is 2.53. The summed E-state index contributed by atoms with van der Waals surface area (Å²) in [6.07, 6.45) is 16.8. The van der Waals surface area contributed by atoms with E-state index in [9.17, 15) is 0 Å². The molecule has 0 saturated heterocycles. The van der Waals surface area contributed by atoms with Crippen LogP contribution in [0.5, 0.6) is 0 Å². The van der Waals surface area contributed by atoms with Crippen LogP contribution in [0.2, 0.25) is 0 Å². The molecule has 0 heteroatoms. The van der Waals surface area contributed by atoms with Crippen molar-refractivity contribution in [2.75, 3.05) is 0 Å². The first kappa shape index (κ1) is 13.1.